The van der Waals surface area contributed by atoms with Crippen LogP contribution in [0.15, 0.2) is 65.0 Å². The molecule has 2 N–H and O–H groups in total. The second kappa shape index (κ2) is 11.4. The summed E-state index contributed by atoms with van der Waals surface area (Å²) in [5.41, 5.74) is 2.81. The van der Waals surface area contributed by atoms with Crippen LogP contribution in [0.1, 0.15) is 36.4 Å². The summed E-state index contributed by atoms with van der Waals surface area (Å²) in [4.78, 5) is 17.4. The van der Waals surface area contributed by atoms with Crippen molar-refractivity contribution in [3.05, 3.63) is 70.7 Å². The molecular formula is C25H28N4O3S2. The molecule has 34 heavy (non-hydrogen) atoms. The van der Waals surface area contributed by atoms with Gasteiger partial charge in [-0.3, -0.25) is 10.1 Å². The molecule has 178 valence electrons. The summed E-state index contributed by atoms with van der Waals surface area (Å²) >= 11 is 1.51. The van der Waals surface area contributed by atoms with E-state index in [-0.39, 0.29) is 22.8 Å². The highest BCUT2D eigenvalue weighted by atomic mass is 32.2. The number of thiazole rings is 1. The van der Waals surface area contributed by atoms with Crippen molar-refractivity contribution in [3.63, 3.8) is 0 Å². The number of hydrogen-bond donors (Lipinski definition) is 2. The van der Waals surface area contributed by atoms with E-state index >= 15 is 0 Å². The minimum absolute atomic E-state index is 0.0639. The Labute approximate surface area is 204 Å². The average molecular weight is 497 g/mol. The molecule has 0 saturated heterocycles. The van der Waals surface area contributed by atoms with Crippen molar-refractivity contribution in [2.75, 3.05) is 13.3 Å². The summed E-state index contributed by atoms with van der Waals surface area (Å²) in [5, 5.41) is 17.9. The number of likely N-dealkylation sites (N-methyl/N-ethyl adjacent to an activating group) is 1. The molecule has 0 aliphatic rings. The van der Waals surface area contributed by atoms with E-state index < -0.39 is 15.9 Å². The molecule has 3 rings (SSSR count). The number of carbonyl (C=O) groups excluding carboxylic acids is 1. The number of carbonyl (C=O) groups is 1. The van der Waals surface area contributed by atoms with E-state index in [1.807, 2.05) is 36.6 Å². The molecule has 0 unspecified atom stereocenters. The molecule has 0 radical (unpaired) electrons. The number of benzene rings is 2. The number of hydrogen-bond acceptors (Lipinski definition) is 7. The van der Waals surface area contributed by atoms with Gasteiger partial charge in [-0.05, 0) is 41.2 Å². The van der Waals surface area contributed by atoms with Crippen LogP contribution in [0.5, 0.6) is 0 Å². The van der Waals surface area contributed by atoms with Gasteiger partial charge in [0, 0.05) is 31.3 Å². The number of rotatable bonds is 10. The monoisotopic (exact) mass is 496 g/mol. The average Bonchev–Trinajstić information content (AvgIpc) is 3.36. The highest BCUT2D eigenvalue weighted by Gasteiger charge is 2.26. The molecule has 0 spiro atoms. The molecule has 0 aliphatic carbocycles. The standard InChI is InChI=1S/C25H28N4O3S2/c1-17(12-13-26)16-22(24(30)27-2)29-23(25-28-14-15-33-25)20-6-4-18(5-7-20)19-8-10-21(11-9-19)34(3,31)32/h4-11,14-15,17,22-23,29H,12,16H2,1-3H3,(H,27,30)/t17-,22+,23+/m1/s1. The molecule has 1 aromatic heterocycles. The van der Waals surface area contributed by atoms with E-state index in [2.05, 4.69) is 21.7 Å². The first-order valence-electron chi connectivity index (χ1n) is 10.9. The molecule has 3 aromatic rings. The van der Waals surface area contributed by atoms with E-state index in [9.17, 15) is 13.2 Å². The molecule has 0 bridgehead atoms. The van der Waals surface area contributed by atoms with Crippen LogP contribution in [0.25, 0.3) is 11.1 Å². The van der Waals surface area contributed by atoms with Gasteiger partial charge in [-0.2, -0.15) is 5.26 Å². The molecule has 3 atom stereocenters. The predicted molar refractivity (Wildman–Crippen MR) is 134 cm³/mol. The Kier molecular flexibility index (Phi) is 8.56. The van der Waals surface area contributed by atoms with Gasteiger partial charge < -0.3 is 5.32 Å². The lowest BCUT2D eigenvalue weighted by Gasteiger charge is -2.25. The Morgan fingerprint density at radius 1 is 1.12 bits per heavy atom. The van der Waals surface area contributed by atoms with Gasteiger partial charge in [-0.1, -0.05) is 43.3 Å². The Balaban J connectivity index is 1.88. The normalized spacial score (nSPS) is 14.1. The van der Waals surface area contributed by atoms with Gasteiger partial charge >= 0.3 is 0 Å². The summed E-state index contributed by atoms with van der Waals surface area (Å²) in [5.74, 6) is -0.0667. The highest BCUT2D eigenvalue weighted by molar-refractivity contribution is 7.90. The summed E-state index contributed by atoms with van der Waals surface area (Å²) in [6.45, 7) is 1.96. The zero-order valence-electron chi connectivity index (χ0n) is 19.4. The van der Waals surface area contributed by atoms with Crippen molar-refractivity contribution < 1.29 is 13.2 Å². The lowest BCUT2D eigenvalue weighted by Crippen LogP contribution is -2.45. The Hall–Kier alpha value is -3.06. The zero-order valence-corrected chi connectivity index (χ0v) is 21.0. The first kappa shape index (κ1) is 25.6. The summed E-state index contributed by atoms with van der Waals surface area (Å²) < 4.78 is 23.4. The van der Waals surface area contributed by atoms with Gasteiger partial charge in [-0.25, -0.2) is 13.4 Å². The molecule has 7 nitrogen and oxygen atoms in total. The van der Waals surface area contributed by atoms with Gasteiger partial charge in [0.2, 0.25) is 5.91 Å². The van der Waals surface area contributed by atoms with Crippen molar-refractivity contribution in [2.24, 2.45) is 5.92 Å². The molecule has 0 fully saturated rings. The van der Waals surface area contributed by atoms with Gasteiger partial charge in [0.1, 0.15) is 5.01 Å². The fourth-order valence-electron chi connectivity index (χ4n) is 3.72. The van der Waals surface area contributed by atoms with Gasteiger partial charge in [-0.15, -0.1) is 11.3 Å². The third kappa shape index (κ3) is 6.50. The smallest absolute Gasteiger partial charge is 0.236 e. The maximum Gasteiger partial charge on any atom is 0.236 e. The SMILES string of the molecule is CNC(=O)[C@H](C[C@H](C)CC#N)N[C@@H](c1ccc(-c2ccc(S(C)(=O)=O)cc2)cc1)c1nccs1. The van der Waals surface area contributed by atoms with Crippen LogP contribution in [0.4, 0.5) is 0 Å². The lowest BCUT2D eigenvalue weighted by molar-refractivity contribution is -0.123. The molecule has 0 saturated carbocycles. The molecule has 2 aromatic carbocycles. The van der Waals surface area contributed by atoms with E-state index in [1.54, 1.807) is 37.5 Å². The van der Waals surface area contributed by atoms with Crippen molar-refractivity contribution in [1.29, 1.82) is 5.26 Å². The molecular weight excluding hydrogens is 468 g/mol. The van der Waals surface area contributed by atoms with Crippen LogP contribution in [-0.4, -0.2) is 38.7 Å². The number of nitrogens with one attached hydrogen (secondary N) is 2. The van der Waals surface area contributed by atoms with E-state index in [0.717, 1.165) is 21.7 Å². The second-order valence-electron chi connectivity index (χ2n) is 8.26. The van der Waals surface area contributed by atoms with E-state index in [4.69, 9.17) is 5.26 Å². The molecule has 0 aliphatic heterocycles. The maximum absolute atomic E-state index is 12.6. The number of nitrogens with zero attached hydrogens (tertiary/aromatic N) is 2. The van der Waals surface area contributed by atoms with Crippen LogP contribution >= 0.6 is 11.3 Å². The molecule has 9 heteroatoms. The van der Waals surface area contributed by atoms with Crippen molar-refractivity contribution >= 4 is 27.1 Å². The van der Waals surface area contributed by atoms with Crippen LogP contribution in [-0.2, 0) is 14.6 Å². The Bertz CT molecular complexity index is 1230. The van der Waals surface area contributed by atoms with Crippen LogP contribution in [0, 0.1) is 17.2 Å². The van der Waals surface area contributed by atoms with Crippen LogP contribution < -0.4 is 10.6 Å². The van der Waals surface area contributed by atoms with Crippen molar-refractivity contribution in [1.82, 2.24) is 15.6 Å². The Morgan fingerprint density at radius 2 is 1.74 bits per heavy atom. The van der Waals surface area contributed by atoms with Crippen LogP contribution in [0.2, 0.25) is 0 Å². The minimum atomic E-state index is -3.24. The fourth-order valence-corrected chi connectivity index (χ4v) is 5.07. The quantitative estimate of drug-likeness (QED) is 0.440. The topological polar surface area (TPSA) is 112 Å². The Morgan fingerprint density at radius 3 is 2.24 bits per heavy atom. The highest BCUT2D eigenvalue weighted by Crippen LogP contribution is 2.29. The summed E-state index contributed by atoms with van der Waals surface area (Å²) in [6.07, 6.45) is 3.83. The van der Waals surface area contributed by atoms with Crippen LogP contribution in [0.3, 0.4) is 0 Å². The van der Waals surface area contributed by atoms with E-state index in [1.165, 1.54) is 17.6 Å². The number of aromatic nitrogens is 1. The first-order chi connectivity index (χ1) is 16.2. The number of amides is 1. The van der Waals surface area contributed by atoms with Crippen molar-refractivity contribution in [3.8, 4) is 17.2 Å². The van der Waals surface area contributed by atoms with Gasteiger partial charge in [0.15, 0.2) is 9.84 Å². The third-order valence-corrected chi connectivity index (χ3v) is 7.54. The minimum Gasteiger partial charge on any atom is -0.358 e. The summed E-state index contributed by atoms with van der Waals surface area (Å²) in [6, 6.07) is 16.1. The summed E-state index contributed by atoms with van der Waals surface area (Å²) in [7, 11) is -1.64. The number of nitriles is 1. The largest absolute Gasteiger partial charge is 0.358 e. The molecule has 1 amide bonds. The number of sulfone groups is 1. The fraction of sp³-hybridized carbons (Fsp3) is 0.320. The first-order valence-corrected chi connectivity index (χ1v) is 13.6. The third-order valence-electron chi connectivity index (χ3n) is 5.57. The maximum atomic E-state index is 12.6. The van der Waals surface area contributed by atoms with Gasteiger partial charge in [0.25, 0.3) is 0 Å². The second-order valence-corrected chi connectivity index (χ2v) is 11.2. The van der Waals surface area contributed by atoms with Crippen molar-refractivity contribution in [2.45, 2.75) is 36.7 Å². The van der Waals surface area contributed by atoms with Gasteiger partial charge in [0.05, 0.1) is 23.0 Å². The zero-order chi connectivity index (χ0) is 24.7. The lowest BCUT2D eigenvalue weighted by atomic mass is 9.96. The predicted octanol–water partition coefficient (Wildman–Crippen LogP) is 3.95. The van der Waals surface area contributed by atoms with E-state index in [0.29, 0.717) is 12.8 Å². The molecule has 1 heterocycles.